The van der Waals surface area contributed by atoms with Crippen molar-refractivity contribution in [2.75, 3.05) is 12.5 Å². The molecule has 0 amide bonds. The van der Waals surface area contributed by atoms with E-state index in [1.54, 1.807) is 0 Å². The highest BCUT2D eigenvalue weighted by molar-refractivity contribution is 7.99. The van der Waals surface area contributed by atoms with E-state index in [1.165, 1.54) is 12.5 Å². The third-order valence-corrected chi connectivity index (χ3v) is 8.95. The van der Waals surface area contributed by atoms with Gasteiger partial charge in [-0.2, -0.15) is 26.3 Å². The molecule has 45 heavy (non-hydrogen) atoms. The first-order chi connectivity index (χ1) is 21.0. The summed E-state index contributed by atoms with van der Waals surface area (Å²) in [6.07, 6.45) is -6.37. The van der Waals surface area contributed by atoms with Gasteiger partial charge in [0.1, 0.15) is 31.3 Å². The molecule has 0 fully saturated rings. The van der Waals surface area contributed by atoms with Gasteiger partial charge in [-0.05, 0) is 60.0 Å². The summed E-state index contributed by atoms with van der Waals surface area (Å²) in [6.45, 7) is 0. The van der Waals surface area contributed by atoms with Crippen molar-refractivity contribution in [2.45, 2.75) is 22.1 Å². The zero-order valence-corrected chi connectivity index (χ0v) is 25.7. The first-order valence-electron chi connectivity index (χ1n) is 12.1. The van der Waals surface area contributed by atoms with Crippen LogP contribution in [-0.2, 0) is 12.4 Å². The Hall–Kier alpha value is -3.66. The minimum absolute atomic E-state index is 0.0246. The summed E-state index contributed by atoms with van der Waals surface area (Å²) in [5.41, 5.74) is -3.24. The van der Waals surface area contributed by atoms with Gasteiger partial charge in [-0.15, -0.1) is 23.5 Å². The number of benzene rings is 4. The molecule has 0 saturated carbocycles. The van der Waals surface area contributed by atoms with Crippen molar-refractivity contribution < 1.29 is 40.9 Å². The second-order valence-electron chi connectivity index (χ2n) is 9.00. The fourth-order valence-corrected chi connectivity index (χ4v) is 6.47. The van der Waals surface area contributed by atoms with Gasteiger partial charge in [0.2, 0.25) is 0 Å². The molecule has 0 unspecified atom stereocenters. The fourth-order valence-electron chi connectivity index (χ4n) is 4.32. The molecule has 0 aliphatic rings. The summed E-state index contributed by atoms with van der Waals surface area (Å²) in [5, 5.41) is 23.7. The van der Waals surface area contributed by atoms with E-state index in [4.69, 9.17) is 27.9 Å². The summed E-state index contributed by atoms with van der Waals surface area (Å²) >= 11 is 14.8. The normalized spacial score (nSPS) is 11.9. The van der Waals surface area contributed by atoms with E-state index in [1.807, 2.05) is 0 Å². The van der Waals surface area contributed by atoms with Crippen molar-refractivity contribution in [1.29, 1.82) is 0 Å². The molecule has 236 valence electrons. The number of alkyl halides is 6. The van der Waals surface area contributed by atoms with Gasteiger partial charge in [-0.25, -0.2) is 0 Å². The van der Waals surface area contributed by atoms with E-state index < -0.39 is 44.7 Å². The van der Waals surface area contributed by atoms with Crippen molar-refractivity contribution in [2.24, 2.45) is 0 Å². The number of halogens is 8. The molecule has 0 aliphatic heterocycles. The molecule has 4 aromatic rings. The van der Waals surface area contributed by atoms with E-state index in [-0.39, 0.29) is 53.6 Å². The predicted molar refractivity (Wildman–Crippen MR) is 161 cm³/mol. The largest absolute Gasteiger partial charge is 0.454 e. The van der Waals surface area contributed by atoms with Crippen LogP contribution in [0.1, 0.15) is 11.1 Å². The van der Waals surface area contributed by atoms with E-state index in [0.29, 0.717) is 0 Å². The van der Waals surface area contributed by atoms with Crippen molar-refractivity contribution in [3.63, 3.8) is 0 Å². The summed E-state index contributed by atoms with van der Waals surface area (Å²) in [7, 11) is 0. The van der Waals surface area contributed by atoms with Crippen LogP contribution in [0.5, 0.6) is 11.5 Å². The molecule has 0 saturated heterocycles. The summed E-state index contributed by atoms with van der Waals surface area (Å²) in [5.74, 6) is -0.467. The van der Waals surface area contributed by atoms with Gasteiger partial charge in [0.25, 0.3) is 11.4 Å². The molecular formula is C28H16Cl2F6N2O5S2. The van der Waals surface area contributed by atoms with Gasteiger partial charge >= 0.3 is 12.4 Å². The Balaban J connectivity index is 1.95. The molecule has 0 aliphatic carbocycles. The van der Waals surface area contributed by atoms with Gasteiger partial charge in [-0.1, -0.05) is 47.5 Å². The Labute approximate surface area is 268 Å². The smallest absolute Gasteiger partial charge is 0.416 e. The van der Waals surface area contributed by atoms with Crippen molar-refractivity contribution in [3.8, 4) is 33.8 Å². The predicted octanol–water partition coefficient (Wildman–Crippen LogP) is 11.4. The highest BCUT2D eigenvalue weighted by Gasteiger charge is 2.34. The minimum Gasteiger partial charge on any atom is -0.454 e. The molecule has 0 aromatic heterocycles. The number of nitrogens with zero attached hydrogens (tertiary/aromatic N) is 2. The Bertz CT molecular complexity index is 1670. The molecule has 17 heteroatoms. The van der Waals surface area contributed by atoms with Crippen LogP contribution in [-0.4, -0.2) is 22.4 Å². The van der Waals surface area contributed by atoms with Crippen LogP contribution in [0.15, 0.2) is 70.5 Å². The van der Waals surface area contributed by atoms with Crippen LogP contribution < -0.4 is 4.74 Å². The lowest BCUT2D eigenvalue weighted by Gasteiger charge is -2.17. The summed E-state index contributed by atoms with van der Waals surface area (Å²) < 4.78 is 84.9. The highest BCUT2D eigenvalue weighted by atomic mass is 35.5. The number of ether oxygens (including phenoxy) is 1. The SMILES string of the molecule is CSc1c(Cl)c(Oc2cc(-c3ccc(C(F)(F)F)cc3)c([N+](=O)[O-])c(SC)c2Cl)cc(-c2ccc(C(F)(F)F)cc2)c1[N+](=O)[O-]. The maximum Gasteiger partial charge on any atom is 0.416 e. The molecule has 4 aromatic carbocycles. The number of rotatable bonds is 8. The summed E-state index contributed by atoms with van der Waals surface area (Å²) in [6, 6.07) is 9.42. The Kier molecular flexibility index (Phi) is 9.87. The number of nitro benzene ring substituents is 2. The maximum absolute atomic E-state index is 13.2. The topological polar surface area (TPSA) is 95.5 Å². The number of hydrogen-bond acceptors (Lipinski definition) is 7. The van der Waals surface area contributed by atoms with Crippen LogP contribution in [0.4, 0.5) is 37.7 Å². The van der Waals surface area contributed by atoms with E-state index in [2.05, 4.69) is 0 Å². The van der Waals surface area contributed by atoms with Gasteiger partial charge in [0, 0.05) is 0 Å². The highest BCUT2D eigenvalue weighted by Crippen LogP contribution is 2.52. The van der Waals surface area contributed by atoms with Crippen molar-refractivity contribution >= 4 is 58.1 Å². The Morgan fingerprint density at radius 2 is 0.956 bits per heavy atom. The van der Waals surface area contributed by atoms with Gasteiger partial charge in [-0.3, -0.25) is 20.2 Å². The fraction of sp³-hybridized carbons (Fsp3) is 0.143. The molecule has 0 atom stereocenters. The molecule has 0 radical (unpaired) electrons. The third-order valence-electron chi connectivity index (χ3n) is 6.36. The number of nitro groups is 2. The van der Waals surface area contributed by atoms with Crippen LogP contribution in [0, 0.1) is 20.2 Å². The molecule has 0 heterocycles. The lowest BCUT2D eigenvalue weighted by molar-refractivity contribution is -0.387. The average Bonchev–Trinajstić information content (AvgIpc) is 2.97. The van der Waals surface area contributed by atoms with Crippen molar-refractivity contribution in [1.82, 2.24) is 0 Å². The first kappa shape index (κ1) is 34.2. The lowest BCUT2D eigenvalue weighted by Crippen LogP contribution is -2.04. The molecule has 0 bridgehead atoms. The number of hydrogen-bond donors (Lipinski definition) is 0. The molecule has 4 rings (SSSR count). The zero-order valence-electron chi connectivity index (χ0n) is 22.5. The molecular weight excluding hydrogens is 693 g/mol. The van der Waals surface area contributed by atoms with Gasteiger partial charge in [0.15, 0.2) is 0 Å². The van der Waals surface area contributed by atoms with Crippen LogP contribution in [0.2, 0.25) is 10.0 Å². The minimum atomic E-state index is -4.66. The van der Waals surface area contributed by atoms with Crippen LogP contribution >= 0.6 is 46.7 Å². The second kappa shape index (κ2) is 13.0. The van der Waals surface area contributed by atoms with Crippen LogP contribution in [0.25, 0.3) is 22.3 Å². The van der Waals surface area contributed by atoms with Gasteiger partial charge < -0.3 is 4.74 Å². The first-order valence-corrected chi connectivity index (χ1v) is 15.3. The van der Waals surface area contributed by atoms with E-state index in [0.717, 1.165) is 84.2 Å². The average molecular weight is 709 g/mol. The summed E-state index contributed by atoms with van der Waals surface area (Å²) in [4.78, 5) is 22.5. The zero-order chi connectivity index (χ0) is 33.4. The van der Waals surface area contributed by atoms with Crippen molar-refractivity contribution in [3.05, 3.63) is 102 Å². The molecule has 0 spiro atoms. The maximum atomic E-state index is 13.2. The lowest BCUT2D eigenvalue weighted by atomic mass is 10.0. The Morgan fingerprint density at radius 1 is 0.644 bits per heavy atom. The standard InChI is InChI=1S/C28H16Cl2F6N2O5S2/c1-44-25-21(29)19(11-17(23(25)37(39)40)13-3-7-15(8-4-13)27(31,32)33)43-20-12-18(24(38(41)42)26(45-2)22(20)30)14-5-9-16(10-6-14)28(34,35)36/h3-12H,1-2H3. The quantitative estimate of drug-likeness (QED) is 0.0778. The van der Waals surface area contributed by atoms with Crippen LogP contribution in [0.3, 0.4) is 0 Å². The monoisotopic (exact) mass is 708 g/mol. The number of thioether (sulfide) groups is 2. The molecule has 0 N–H and O–H groups in total. The molecule has 7 nitrogen and oxygen atoms in total. The van der Waals surface area contributed by atoms with E-state index >= 15 is 0 Å². The second-order valence-corrected chi connectivity index (χ2v) is 11.4. The Morgan fingerprint density at radius 3 is 1.20 bits per heavy atom. The van der Waals surface area contributed by atoms with Gasteiger partial charge in [0.05, 0.1) is 32.1 Å². The third kappa shape index (κ3) is 6.95. The van der Waals surface area contributed by atoms with E-state index in [9.17, 15) is 46.6 Å².